The van der Waals surface area contributed by atoms with Crippen molar-refractivity contribution in [3.63, 3.8) is 0 Å². The zero-order valence-corrected chi connectivity index (χ0v) is 18.6. The SMILES string of the molecule is C[Te]1(I)Cc2ccc3ccccc3c2-c2c(ccc3ccccc23)C1. The van der Waals surface area contributed by atoms with Crippen LogP contribution < -0.4 is 0 Å². The zero-order valence-electron chi connectivity index (χ0n) is 14.1. The summed E-state index contributed by atoms with van der Waals surface area (Å²) in [5, 5.41) is 5.53. The van der Waals surface area contributed by atoms with Gasteiger partial charge in [0.25, 0.3) is 0 Å². The Bertz CT molecular complexity index is 1040. The number of benzene rings is 4. The first kappa shape index (κ1) is 16.1. The van der Waals surface area contributed by atoms with Crippen LogP contribution in [0.2, 0.25) is 4.97 Å². The fourth-order valence-electron chi connectivity index (χ4n) is 4.16. The minimum atomic E-state index is -1.93. The van der Waals surface area contributed by atoms with Crippen molar-refractivity contribution in [1.29, 1.82) is 0 Å². The molecule has 0 nitrogen and oxygen atoms in total. The van der Waals surface area contributed by atoms with Gasteiger partial charge in [-0.1, -0.05) is 0 Å². The Kier molecular flexibility index (Phi) is 3.85. The molecule has 1 heterocycles. The van der Waals surface area contributed by atoms with Gasteiger partial charge in [-0.3, -0.25) is 0 Å². The normalized spacial score (nSPS) is 16.9. The van der Waals surface area contributed by atoms with E-state index in [0.29, 0.717) is 0 Å². The fraction of sp³-hybridized carbons (Fsp3) is 0.130. The summed E-state index contributed by atoms with van der Waals surface area (Å²) in [5.41, 5.74) is 6.12. The van der Waals surface area contributed by atoms with Crippen LogP contribution in [0.1, 0.15) is 11.1 Å². The summed E-state index contributed by atoms with van der Waals surface area (Å²) in [6.07, 6.45) is 0. The van der Waals surface area contributed by atoms with Gasteiger partial charge in [-0.25, -0.2) is 0 Å². The van der Waals surface area contributed by atoms with Gasteiger partial charge in [0.15, 0.2) is 0 Å². The van der Waals surface area contributed by atoms with Gasteiger partial charge in [-0.15, -0.1) is 0 Å². The second kappa shape index (κ2) is 5.98. The van der Waals surface area contributed by atoms with E-state index < -0.39 is 14.2 Å². The zero-order chi connectivity index (χ0) is 17.0. The number of hydrogen-bond donors (Lipinski definition) is 0. The Morgan fingerprint density at radius 2 is 1.08 bits per heavy atom. The average Bonchev–Trinajstić information content (AvgIpc) is 2.73. The Hall–Kier alpha value is -1.08. The molecule has 1 aliphatic rings. The van der Waals surface area contributed by atoms with Gasteiger partial charge in [0.2, 0.25) is 0 Å². The summed E-state index contributed by atoms with van der Waals surface area (Å²) in [6.45, 7) is 0. The molecule has 0 unspecified atom stereocenters. The molecular weight excluding hydrogens is 531 g/mol. The predicted molar refractivity (Wildman–Crippen MR) is 120 cm³/mol. The van der Waals surface area contributed by atoms with Gasteiger partial charge >= 0.3 is 163 Å². The van der Waals surface area contributed by atoms with E-state index in [9.17, 15) is 0 Å². The fourth-order valence-corrected chi connectivity index (χ4v) is 14.0. The van der Waals surface area contributed by atoms with Gasteiger partial charge in [0.05, 0.1) is 0 Å². The minimum absolute atomic E-state index is 1.30. The van der Waals surface area contributed by atoms with Gasteiger partial charge in [0, 0.05) is 0 Å². The molecule has 1 aliphatic heterocycles. The molecule has 4 aromatic rings. The summed E-state index contributed by atoms with van der Waals surface area (Å²) in [7, 11) is 0. The molecule has 0 saturated heterocycles. The van der Waals surface area contributed by atoms with Crippen LogP contribution in [-0.2, 0) is 8.94 Å². The van der Waals surface area contributed by atoms with Gasteiger partial charge < -0.3 is 0 Å². The van der Waals surface area contributed by atoms with Crippen LogP contribution in [0.15, 0.2) is 72.8 Å². The van der Waals surface area contributed by atoms with Crippen molar-refractivity contribution in [3.8, 4) is 11.1 Å². The van der Waals surface area contributed by atoms with Crippen LogP contribution in [0.3, 0.4) is 0 Å². The third-order valence-corrected chi connectivity index (χ3v) is 14.6. The van der Waals surface area contributed by atoms with Crippen LogP contribution in [0.25, 0.3) is 32.7 Å². The number of hydrogen-bond acceptors (Lipinski definition) is 0. The molecule has 4 aromatic carbocycles. The van der Waals surface area contributed by atoms with Gasteiger partial charge in [0.1, 0.15) is 0 Å². The Morgan fingerprint density at radius 1 is 0.640 bits per heavy atom. The quantitative estimate of drug-likeness (QED) is 0.166. The predicted octanol–water partition coefficient (Wildman–Crippen LogP) is 6.85. The first-order chi connectivity index (χ1) is 12.1. The molecule has 0 atom stereocenters. The van der Waals surface area contributed by atoms with Crippen molar-refractivity contribution in [2.45, 2.75) is 13.9 Å². The first-order valence-electron chi connectivity index (χ1n) is 8.57. The van der Waals surface area contributed by atoms with E-state index in [1.807, 2.05) is 0 Å². The van der Waals surface area contributed by atoms with E-state index in [4.69, 9.17) is 0 Å². The van der Waals surface area contributed by atoms with Crippen LogP contribution >= 0.6 is 18.7 Å². The van der Waals surface area contributed by atoms with E-state index in [1.54, 1.807) is 11.1 Å². The topological polar surface area (TPSA) is 0 Å². The third kappa shape index (κ3) is 2.70. The molecule has 0 N–H and O–H groups in total. The van der Waals surface area contributed by atoms with Crippen LogP contribution in [0.5, 0.6) is 0 Å². The van der Waals surface area contributed by atoms with Crippen molar-refractivity contribution in [2.24, 2.45) is 0 Å². The average molecular weight is 550 g/mol. The molecule has 0 amide bonds. The van der Waals surface area contributed by atoms with Crippen LogP contribution in [0, 0.1) is 0 Å². The second-order valence-corrected chi connectivity index (χ2v) is 29.6. The molecule has 124 valence electrons. The third-order valence-electron chi connectivity index (χ3n) is 5.19. The summed E-state index contributed by atoms with van der Waals surface area (Å²) in [6, 6.07) is 27.2. The molecule has 25 heavy (non-hydrogen) atoms. The molecular formula is C23H19ITe. The summed E-state index contributed by atoms with van der Waals surface area (Å²) in [4.78, 5) is 2.58. The molecule has 0 saturated carbocycles. The molecule has 0 bridgehead atoms. The molecule has 0 fully saturated rings. The summed E-state index contributed by atoms with van der Waals surface area (Å²) < 4.78 is 2.60. The second-order valence-electron chi connectivity index (χ2n) is 7.08. The van der Waals surface area contributed by atoms with E-state index in [2.05, 4.69) is 96.5 Å². The van der Waals surface area contributed by atoms with Gasteiger partial charge in [-0.2, -0.15) is 0 Å². The van der Waals surface area contributed by atoms with Crippen molar-refractivity contribution in [3.05, 3.63) is 83.9 Å². The van der Waals surface area contributed by atoms with E-state index in [0.717, 1.165) is 0 Å². The van der Waals surface area contributed by atoms with E-state index in [1.165, 1.54) is 41.6 Å². The monoisotopic (exact) mass is 552 g/mol. The maximum absolute atomic E-state index is 2.85. The van der Waals surface area contributed by atoms with Crippen molar-refractivity contribution >= 4 is 54.5 Å². The summed E-state index contributed by atoms with van der Waals surface area (Å²) >= 11 is 0.915. The first-order valence-corrected chi connectivity index (χ1v) is 21.0. The Labute approximate surface area is 162 Å². The Morgan fingerprint density at radius 3 is 1.56 bits per heavy atom. The standard InChI is InChI=1S/C23H19ITe/c1-25(24)14-18-12-10-16-6-2-4-8-20(16)22(18)23-19(15-25)13-11-17-7-3-5-9-21(17)23/h2-13H,14-15H2,1H3. The maximum atomic E-state index is 2.85. The summed E-state index contributed by atoms with van der Waals surface area (Å²) in [5.74, 6) is 0. The van der Waals surface area contributed by atoms with Crippen molar-refractivity contribution in [1.82, 2.24) is 0 Å². The van der Waals surface area contributed by atoms with Crippen molar-refractivity contribution < 1.29 is 0 Å². The van der Waals surface area contributed by atoms with E-state index >= 15 is 0 Å². The Balaban J connectivity index is 2.00. The molecule has 0 aliphatic carbocycles. The number of rotatable bonds is 0. The number of halogens is 1. The molecule has 0 aromatic heterocycles. The molecule has 0 spiro atoms. The van der Waals surface area contributed by atoms with E-state index in [-0.39, 0.29) is 0 Å². The number of fused-ring (bicyclic) bond motifs is 7. The molecule has 2 heteroatoms. The van der Waals surface area contributed by atoms with Crippen LogP contribution in [-0.4, -0.2) is 14.2 Å². The molecule has 0 radical (unpaired) electrons. The molecule has 5 rings (SSSR count). The van der Waals surface area contributed by atoms with Crippen LogP contribution in [0.4, 0.5) is 0 Å². The van der Waals surface area contributed by atoms with Gasteiger partial charge in [-0.05, 0) is 0 Å². The van der Waals surface area contributed by atoms with Crippen molar-refractivity contribution in [2.75, 3.05) is 0 Å².